The van der Waals surface area contributed by atoms with Gasteiger partial charge < -0.3 is 5.32 Å². The minimum absolute atomic E-state index is 0.539. The Kier molecular flexibility index (Phi) is 6.17. The quantitative estimate of drug-likeness (QED) is 0.769. The van der Waals surface area contributed by atoms with Gasteiger partial charge in [0.15, 0.2) is 0 Å². The fraction of sp³-hybridized carbons (Fsp3) is 0.800. The summed E-state index contributed by atoms with van der Waals surface area (Å²) in [5, 5.41) is 5.57. The monoisotopic (exact) mass is 298 g/mol. The molecule has 1 aromatic heterocycles. The first-order valence-electron chi connectivity index (χ1n) is 7.54. The second kappa shape index (κ2) is 7.65. The number of thiazole rings is 1. The first-order chi connectivity index (χ1) is 9.22. The van der Waals surface area contributed by atoms with Crippen LogP contribution in [0.5, 0.6) is 0 Å². The lowest BCUT2D eigenvalue weighted by Crippen LogP contribution is -2.14. The second-order valence-corrected chi connectivity index (χ2v) is 7.97. The van der Waals surface area contributed by atoms with Crippen molar-refractivity contribution in [2.24, 2.45) is 0 Å². The molecular weight excluding hydrogens is 272 g/mol. The van der Waals surface area contributed by atoms with Crippen molar-refractivity contribution in [2.45, 2.75) is 64.2 Å². The standard InChI is InChI=1S/C15H26N2S2/c1-4-8-16-10-13-14(11(2)3)17-15(19-13)12-7-5-6-9-18-12/h11-12,16H,4-10H2,1-3H3. The maximum Gasteiger partial charge on any atom is 0.106 e. The largest absolute Gasteiger partial charge is 0.312 e. The van der Waals surface area contributed by atoms with E-state index in [-0.39, 0.29) is 0 Å². The third-order valence-corrected chi connectivity index (χ3v) is 6.18. The Balaban J connectivity index is 2.09. The summed E-state index contributed by atoms with van der Waals surface area (Å²) in [4.78, 5) is 6.43. The fourth-order valence-electron chi connectivity index (χ4n) is 2.41. The minimum Gasteiger partial charge on any atom is -0.312 e. The second-order valence-electron chi connectivity index (χ2n) is 5.55. The van der Waals surface area contributed by atoms with Gasteiger partial charge in [0.2, 0.25) is 0 Å². The summed E-state index contributed by atoms with van der Waals surface area (Å²) in [6.45, 7) is 8.83. The SMILES string of the molecule is CCCNCc1sc(C2CCCCS2)nc1C(C)C. The molecule has 0 aliphatic carbocycles. The van der Waals surface area contributed by atoms with Crippen molar-refractivity contribution in [3.63, 3.8) is 0 Å². The highest BCUT2D eigenvalue weighted by molar-refractivity contribution is 7.99. The Labute approximate surface area is 125 Å². The molecule has 1 N–H and O–H groups in total. The lowest BCUT2D eigenvalue weighted by Gasteiger charge is -2.18. The van der Waals surface area contributed by atoms with Gasteiger partial charge in [-0.1, -0.05) is 27.2 Å². The molecular formula is C15H26N2S2. The molecule has 1 saturated heterocycles. The predicted octanol–water partition coefficient (Wildman–Crippen LogP) is 4.72. The first kappa shape index (κ1) is 15.3. The van der Waals surface area contributed by atoms with Gasteiger partial charge in [0.25, 0.3) is 0 Å². The van der Waals surface area contributed by atoms with Gasteiger partial charge in [-0.05, 0) is 37.5 Å². The Hall–Kier alpha value is -0.0600. The summed E-state index contributed by atoms with van der Waals surface area (Å²) in [7, 11) is 0. The molecule has 4 heteroatoms. The van der Waals surface area contributed by atoms with Crippen molar-refractivity contribution in [2.75, 3.05) is 12.3 Å². The molecule has 1 aromatic rings. The van der Waals surface area contributed by atoms with Crippen LogP contribution in [0.15, 0.2) is 0 Å². The molecule has 1 atom stereocenters. The average Bonchev–Trinajstić information content (AvgIpc) is 2.84. The van der Waals surface area contributed by atoms with Crippen molar-refractivity contribution >= 4 is 23.1 Å². The maximum absolute atomic E-state index is 4.97. The van der Waals surface area contributed by atoms with Crippen LogP contribution in [0.1, 0.15) is 73.2 Å². The van der Waals surface area contributed by atoms with Crippen molar-refractivity contribution in [3.05, 3.63) is 15.6 Å². The number of thioether (sulfide) groups is 1. The number of rotatable bonds is 6. The number of aromatic nitrogens is 1. The lowest BCUT2D eigenvalue weighted by molar-refractivity contribution is 0.666. The van der Waals surface area contributed by atoms with Crippen LogP contribution in [0.2, 0.25) is 0 Å². The van der Waals surface area contributed by atoms with Gasteiger partial charge >= 0.3 is 0 Å². The smallest absolute Gasteiger partial charge is 0.106 e. The molecule has 108 valence electrons. The highest BCUT2D eigenvalue weighted by atomic mass is 32.2. The topological polar surface area (TPSA) is 24.9 Å². The fourth-order valence-corrected chi connectivity index (χ4v) is 5.15. The summed E-state index contributed by atoms with van der Waals surface area (Å²) in [5.74, 6) is 1.85. The van der Waals surface area contributed by atoms with Gasteiger partial charge in [-0.15, -0.1) is 11.3 Å². The van der Waals surface area contributed by atoms with E-state index in [1.54, 1.807) is 0 Å². The van der Waals surface area contributed by atoms with E-state index in [2.05, 4.69) is 37.8 Å². The van der Waals surface area contributed by atoms with Gasteiger partial charge in [-0.3, -0.25) is 0 Å². The van der Waals surface area contributed by atoms with Crippen molar-refractivity contribution in [3.8, 4) is 0 Å². The van der Waals surface area contributed by atoms with Crippen molar-refractivity contribution in [1.29, 1.82) is 0 Å². The van der Waals surface area contributed by atoms with Gasteiger partial charge in [0.1, 0.15) is 5.01 Å². The van der Waals surface area contributed by atoms with Gasteiger partial charge in [-0.2, -0.15) is 11.8 Å². The molecule has 1 fully saturated rings. The summed E-state index contributed by atoms with van der Waals surface area (Å²) < 4.78 is 0. The Morgan fingerprint density at radius 3 is 2.84 bits per heavy atom. The zero-order chi connectivity index (χ0) is 13.7. The Morgan fingerprint density at radius 2 is 2.21 bits per heavy atom. The number of nitrogens with one attached hydrogen (secondary N) is 1. The summed E-state index contributed by atoms with van der Waals surface area (Å²) >= 11 is 4.06. The average molecular weight is 299 g/mol. The molecule has 1 unspecified atom stereocenters. The Morgan fingerprint density at radius 1 is 1.37 bits per heavy atom. The van der Waals surface area contributed by atoms with Gasteiger partial charge in [0.05, 0.1) is 10.9 Å². The van der Waals surface area contributed by atoms with E-state index < -0.39 is 0 Å². The molecule has 0 bridgehead atoms. The zero-order valence-corrected chi connectivity index (χ0v) is 14.0. The predicted molar refractivity (Wildman–Crippen MR) is 87.3 cm³/mol. The highest BCUT2D eigenvalue weighted by Crippen LogP contribution is 2.41. The van der Waals surface area contributed by atoms with Crippen LogP contribution >= 0.6 is 23.1 Å². The van der Waals surface area contributed by atoms with Gasteiger partial charge in [-0.25, -0.2) is 4.98 Å². The normalized spacial score (nSPS) is 20.1. The summed E-state index contributed by atoms with van der Waals surface area (Å²) in [6, 6.07) is 0. The van der Waals surface area contributed by atoms with E-state index >= 15 is 0 Å². The lowest BCUT2D eigenvalue weighted by atomic mass is 10.1. The van der Waals surface area contributed by atoms with Crippen molar-refractivity contribution in [1.82, 2.24) is 10.3 Å². The molecule has 0 amide bonds. The van der Waals surface area contributed by atoms with E-state index in [0.29, 0.717) is 11.2 Å². The molecule has 2 heterocycles. The zero-order valence-electron chi connectivity index (χ0n) is 12.4. The van der Waals surface area contributed by atoms with Crippen LogP contribution in [0.4, 0.5) is 0 Å². The summed E-state index contributed by atoms with van der Waals surface area (Å²) in [6.07, 6.45) is 5.27. The molecule has 0 spiro atoms. The minimum atomic E-state index is 0.539. The van der Waals surface area contributed by atoms with Crippen LogP contribution in [0.25, 0.3) is 0 Å². The van der Waals surface area contributed by atoms with Crippen LogP contribution in [-0.4, -0.2) is 17.3 Å². The van der Waals surface area contributed by atoms with E-state index in [1.165, 1.54) is 47.0 Å². The Bertz CT molecular complexity index is 381. The van der Waals surface area contributed by atoms with Crippen molar-refractivity contribution < 1.29 is 0 Å². The van der Waals surface area contributed by atoms with Crippen LogP contribution in [0.3, 0.4) is 0 Å². The van der Waals surface area contributed by atoms with Crippen LogP contribution < -0.4 is 5.32 Å². The molecule has 1 aliphatic heterocycles. The molecule has 0 aromatic carbocycles. The van der Waals surface area contributed by atoms with E-state index in [9.17, 15) is 0 Å². The molecule has 2 nitrogen and oxygen atoms in total. The maximum atomic E-state index is 4.97. The van der Waals surface area contributed by atoms with E-state index in [0.717, 1.165) is 13.1 Å². The molecule has 0 radical (unpaired) electrons. The van der Waals surface area contributed by atoms with Crippen LogP contribution in [0, 0.1) is 0 Å². The third-order valence-electron chi connectivity index (χ3n) is 3.46. The number of hydrogen-bond acceptors (Lipinski definition) is 4. The molecule has 1 aliphatic rings. The van der Waals surface area contributed by atoms with Crippen LogP contribution in [-0.2, 0) is 6.54 Å². The van der Waals surface area contributed by atoms with E-state index in [4.69, 9.17) is 4.98 Å². The molecule has 2 rings (SSSR count). The highest BCUT2D eigenvalue weighted by Gasteiger charge is 2.22. The first-order valence-corrected chi connectivity index (χ1v) is 9.40. The van der Waals surface area contributed by atoms with Gasteiger partial charge in [0, 0.05) is 11.4 Å². The number of nitrogens with zero attached hydrogens (tertiary/aromatic N) is 1. The third kappa shape index (κ3) is 4.20. The van der Waals surface area contributed by atoms with E-state index in [1.807, 2.05) is 11.3 Å². The molecule has 19 heavy (non-hydrogen) atoms. The summed E-state index contributed by atoms with van der Waals surface area (Å²) in [5.41, 5.74) is 1.33. The molecule has 0 saturated carbocycles. The number of hydrogen-bond donors (Lipinski definition) is 1.